The quantitative estimate of drug-likeness (QED) is 0.560. The van der Waals surface area contributed by atoms with Crippen LogP contribution in [0.1, 0.15) is 54.5 Å². The molecule has 0 aliphatic carbocycles. The Kier molecular flexibility index (Phi) is 14.2. The summed E-state index contributed by atoms with van der Waals surface area (Å²) in [5, 5.41) is 2.70. The van der Waals surface area contributed by atoms with E-state index < -0.39 is 0 Å². The van der Waals surface area contributed by atoms with Crippen LogP contribution >= 0.6 is 0 Å². The average molecular weight is 425 g/mol. The zero-order valence-electron chi connectivity index (χ0n) is 19.6. The molecule has 2 atom stereocenters. The van der Waals surface area contributed by atoms with E-state index in [9.17, 15) is 4.79 Å². The van der Waals surface area contributed by atoms with Crippen molar-refractivity contribution in [3.05, 3.63) is 35.9 Å². The van der Waals surface area contributed by atoms with Crippen molar-refractivity contribution in [1.29, 1.82) is 0 Å². The smallest absolute Gasteiger partial charge is 0.407 e. The topological polar surface area (TPSA) is 60.0 Å². The van der Waals surface area contributed by atoms with Crippen LogP contribution in [0.2, 0.25) is 0 Å². The number of ether oxygens (including phenoxy) is 3. The summed E-state index contributed by atoms with van der Waals surface area (Å²) in [5.74, 6) is 0. The van der Waals surface area contributed by atoms with Crippen LogP contribution < -0.4 is 5.32 Å². The lowest BCUT2D eigenvalue weighted by Crippen LogP contribution is -2.44. The van der Waals surface area contributed by atoms with E-state index in [-0.39, 0.29) is 13.6 Å². The van der Waals surface area contributed by atoms with Gasteiger partial charge in [-0.1, -0.05) is 37.3 Å². The second-order valence-electron chi connectivity index (χ2n) is 8.02. The van der Waals surface area contributed by atoms with Gasteiger partial charge in [0.2, 0.25) is 0 Å². The van der Waals surface area contributed by atoms with Crippen molar-refractivity contribution in [2.24, 2.45) is 0 Å². The van der Waals surface area contributed by atoms with E-state index in [2.05, 4.69) is 31.0 Å². The maximum Gasteiger partial charge on any atom is 0.407 e. The predicted octanol–water partition coefficient (Wildman–Crippen LogP) is 4.52. The lowest BCUT2D eigenvalue weighted by Gasteiger charge is -2.33. The van der Waals surface area contributed by atoms with E-state index in [0.29, 0.717) is 18.7 Å². The molecular formula is C24H44N2O4. The Labute approximate surface area is 184 Å². The number of carbonyl (C=O) groups excluding carboxylic acids is 1. The average Bonchev–Trinajstić information content (AvgIpc) is 2.73. The first-order valence-corrected chi connectivity index (χ1v) is 11.3. The summed E-state index contributed by atoms with van der Waals surface area (Å²) in [4.78, 5) is 13.6. The van der Waals surface area contributed by atoms with Gasteiger partial charge in [0.15, 0.2) is 0 Å². The molecule has 0 radical (unpaired) electrons. The number of hydrogen-bond acceptors (Lipinski definition) is 5. The molecule has 0 saturated carbocycles. The summed E-state index contributed by atoms with van der Waals surface area (Å²) >= 11 is 0. The number of amides is 1. The summed E-state index contributed by atoms with van der Waals surface area (Å²) in [6, 6.07) is 10.6. The lowest BCUT2D eigenvalue weighted by atomic mass is 10.1. The van der Waals surface area contributed by atoms with Crippen molar-refractivity contribution < 1.29 is 20.4 Å². The maximum absolute atomic E-state index is 11.1. The Hall–Kier alpha value is -1.63. The number of morpholine rings is 1. The third kappa shape index (κ3) is 12.8. The zero-order valence-corrected chi connectivity index (χ0v) is 19.6. The fourth-order valence-corrected chi connectivity index (χ4v) is 2.97. The molecule has 1 fully saturated rings. The van der Waals surface area contributed by atoms with Crippen LogP contribution in [0.3, 0.4) is 0 Å². The van der Waals surface area contributed by atoms with Crippen LogP contribution in [-0.2, 0) is 20.6 Å². The number of nitrogens with one attached hydrogen (secondary N) is 1. The number of benzene rings is 1. The van der Waals surface area contributed by atoms with Gasteiger partial charge in [-0.05, 0) is 52.5 Å². The fraction of sp³-hybridized carbons (Fsp3) is 0.708. The molecule has 1 N–H and O–H groups in total. The van der Waals surface area contributed by atoms with Crippen LogP contribution in [0.15, 0.2) is 30.3 Å². The van der Waals surface area contributed by atoms with Gasteiger partial charge in [0.25, 0.3) is 0 Å². The van der Waals surface area contributed by atoms with E-state index in [1.165, 1.54) is 5.56 Å². The zero-order chi connectivity index (χ0) is 22.2. The summed E-state index contributed by atoms with van der Waals surface area (Å²) in [7, 11) is 0. The predicted molar refractivity (Wildman–Crippen MR) is 124 cm³/mol. The van der Waals surface area contributed by atoms with Gasteiger partial charge in [-0.2, -0.15) is 0 Å². The molecule has 2 unspecified atom stereocenters. The number of hydrogen-bond donors (Lipinski definition) is 1. The van der Waals surface area contributed by atoms with E-state index in [1.54, 1.807) is 0 Å². The molecule has 6 nitrogen and oxygen atoms in total. The highest BCUT2D eigenvalue weighted by Gasteiger charge is 2.17. The Morgan fingerprint density at radius 2 is 2.03 bits per heavy atom. The molecule has 1 amide bonds. The van der Waals surface area contributed by atoms with E-state index in [4.69, 9.17) is 14.2 Å². The van der Waals surface area contributed by atoms with Crippen molar-refractivity contribution in [3.63, 3.8) is 0 Å². The minimum absolute atomic E-state index is 0. The van der Waals surface area contributed by atoms with Crippen LogP contribution in [0.5, 0.6) is 0 Å². The highest BCUT2D eigenvalue weighted by atomic mass is 16.6. The maximum atomic E-state index is 11.1. The standard InChI is InChI=1S/C12H17NO2.C12H25NO2.H2/c1-10(2)15-12(14)13-9-8-11-6-4-3-5-7-11;1-4-12(3)15-8-5-6-13-7-9-14-10-11(13)2;/h3-7,10H,8-9H2,1-2H3,(H,13,14);11-12H,4-10H2,1-3H3;1H. The molecule has 0 aromatic heterocycles. The van der Waals surface area contributed by atoms with Gasteiger partial charge < -0.3 is 19.5 Å². The van der Waals surface area contributed by atoms with Crippen molar-refractivity contribution in [1.82, 2.24) is 10.2 Å². The first-order valence-electron chi connectivity index (χ1n) is 11.3. The highest BCUT2D eigenvalue weighted by molar-refractivity contribution is 5.67. The molecular weight excluding hydrogens is 380 g/mol. The van der Waals surface area contributed by atoms with Crippen molar-refractivity contribution in [2.45, 2.75) is 72.1 Å². The molecule has 1 aliphatic rings. The molecule has 1 saturated heterocycles. The number of alkyl carbamates (subject to hydrolysis) is 1. The van der Waals surface area contributed by atoms with Crippen molar-refractivity contribution >= 4 is 6.09 Å². The first kappa shape index (κ1) is 26.4. The normalized spacial score (nSPS) is 17.7. The van der Waals surface area contributed by atoms with E-state index in [1.807, 2.05) is 44.2 Å². The summed E-state index contributed by atoms with van der Waals surface area (Å²) in [6.07, 6.45) is 3.06. The lowest BCUT2D eigenvalue weighted by molar-refractivity contribution is -0.00799. The third-order valence-corrected chi connectivity index (χ3v) is 4.94. The van der Waals surface area contributed by atoms with Gasteiger partial charge in [-0.3, -0.25) is 4.90 Å². The van der Waals surface area contributed by atoms with Crippen LogP contribution in [0.25, 0.3) is 0 Å². The van der Waals surface area contributed by atoms with Gasteiger partial charge in [0.1, 0.15) is 0 Å². The molecule has 1 aromatic rings. The summed E-state index contributed by atoms with van der Waals surface area (Å²) in [5.41, 5.74) is 1.21. The fourth-order valence-electron chi connectivity index (χ4n) is 2.97. The number of rotatable bonds is 10. The molecule has 30 heavy (non-hydrogen) atoms. The van der Waals surface area contributed by atoms with E-state index in [0.717, 1.165) is 52.2 Å². The highest BCUT2D eigenvalue weighted by Crippen LogP contribution is 2.07. The Bertz CT molecular complexity index is 560. The molecule has 1 aliphatic heterocycles. The molecule has 6 heteroatoms. The van der Waals surface area contributed by atoms with Gasteiger partial charge in [0.05, 0.1) is 25.4 Å². The molecule has 0 bridgehead atoms. The summed E-state index contributed by atoms with van der Waals surface area (Å²) in [6.45, 7) is 15.7. The molecule has 174 valence electrons. The minimum atomic E-state index is -0.346. The second-order valence-corrected chi connectivity index (χ2v) is 8.02. The third-order valence-electron chi connectivity index (χ3n) is 4.94. The van der Waals surface area contributed by atoms with Crippen molar-refractivity contribution in [3.8, 4) is 0 Å². The van der Waals surface area contributed by atoms with Gasteiger partial charge in [-0.25, -0.2) is 4.79 Å². The van der Waals surface area contributed by atoms with Crippen molar-refractivity contribution in [2.75, 3.05) is 39.5 Å². The van der Waals surface area contributed by atoms with Gasteiger partial charge in [0, 0.05) is 33.7 Å². The first-order chi connectivity index (χ1) is 14.4. The Morgan fingerprint density at radius 1 is 1.30 bits per heavy atom. The molecule has 1 aromatic carbocycles. The van der Waals surface area contributed by atoms with Crippen LogP contribution in [0, 0.1) is 0 Å². The monoisotopic (exact) mass is 424 g/mol. The number of carbonyl (C=O) groups is 1. The second kappa shape index (κ2) is 16.1. The summed E-state index contributed by atoms with van der Waals surface area (Å²) < 4.78 is 16.0. The molecule has 0 spiro atoms. The molecule has 2 rings (SSSR count). The minimum Gasteiger partial charge on any atom is -0.447 e. The molecule has 1 heterocycles. The Balaban J connectivity index is 0.000000562. The van der Waals surface area contributed by atoms with E-state index >= 15 is 0 Å². The Morgan fingerprint density at radius 3 is 2.67 bits per heavy atom. The SMILES string of the molecule is CC(C)OC(=O)NCCc1ccccc1.CCC(C)OCCCN1CCOCC1C.[HH]. The van der Waals surface area contributed by atoms with Crippen LogP contribution in [-0.4, -0.2) is 68.7 Å². The largest absolute Gasteiger partial charge is 0.447 e. The van der Waals surface area contributed by atoms with Gasteiger partial charge in [-0.15, -0.1) is 0 Å². The van der Waals surface area contributed by atoms with Crippen LogP contribution in [0.4, 0.5) is 4.79 Å². The van der Waals surface area contributed by atoms with Gasteiger partial charge >= 0.3 is 6.09 Å². The number of nitrogens with zero attached hydrogens (tertiary/aromatic N) is 1.